The van der Waals surface area contributed by atoms with Gasteiger partial charge in [0.05, 0.1) is 54.2 Å². The molecule has 3 heterocycles. The molecule has 2 saturated carbocycles. The number of esters is 1. The first-order chi connectivity index (χ1) is 20.4. The molecule has 0 amide bonds. The molecular formula is C31H33Cl2N3O5S. The highest BCUT2D eigenvalue weighted by molar-refractivity contribution is 7.22. The summed E-state index contributed by atoms with van der Waals surface area (Å²) in [4.78, 5) is 19.5. The molecule has 1 aromatic carbocycles. The number of thiazole rings is 1. The summed E-state index contributed by atoms with van der Waals surface area (Å²) in [7, 11) is 2.98. The number of rotatable bonds is 8. The Hall–Kier alpha value is -2.59. The molecule has 0 spiro atoms. The third kappa shape index (κ3) is 5.23. The molecule has 222 valence electrons. The van der Waals surface area contributed by atoms with E-state index >= 15 is 0 Å². The summed E-state index contributed by atoms with van der Waals surface area (Å²) in [6.07, 6.45) is 11.3. The largest absolute Gasteiger partial charge is 0.494 e. The van der Waals surface area contributed by atoms with Gasteiger partial charge in [-0.1, -0.05) is 40.2 Å². The van der Waals surface area contributed by atoms with Crippen molar-refractivity contribution in [3.63, 3.8) is 0 Å². The van der Waals surface area contributed by atoms with E-state index in [2.05, 4.69) is 10.1 Å². The lowest BCUT2D eigenvalue weighted by molar-refractivity contribution is -0.00538. The Labute approximate surface area is 258 Å². The van der Waals surface area contributed by atoms with Gasteiger partial charge in [0, 0.05) is 29.6 Å². The average Bonchev–Trinajstić information content (AvgIpc) is 3.40. The van der Waals surface area contributed by atoms with E-state index < -0.39 is 0 Å². The summed E-state index contributed by atoms with van der Waals surface area (Å²) in [6, 6.07) is 3.53. The van der Waals surface area contributed by atoms with Crippen molar-refractivity contribution in [2.75, 3.05) is 32.2 Å². The molecule has 11 heteroatoms. The van der Waals surface area contributed by atoms with Crippen LogP contribution in [0.15, 0.2) is 39.9 Å². The lowest BCUT2D eigenvalue weighted by Crippen LogP contribution is -2.29. The molecule has 0 N–H and O–H groups in total. The van der Waals surface area contributed by atoms with Crippen LogP contribution in [0, 0.1) is 11.8 Å². The van der Waals surface area contributed by atoms with E-state index in [4.69, 9.17) is 46.9 Å². The number of aromatic nitrogens is 2. The molecule has 3 aromatic rings. The van der Waals surface area contributed by atoms with Crippen LogP contribution < -0.4 is 9.64 Å². The van der Waals surface area contributed by atoms with Crippen LogP contribution >= 0.6 is 34.5 Å². The molecule has 1 aliphatic heterocycles. The number of benzene rings is 1. The van der Waals surface area contributed by atoms with Gasteiger partial charge in [-0.15, -0.1) is 11.6 Å². The van der Waals surface area contributed by atoms with Gasteiger partial charge in [0.1, 0.15) is 17.0 Å². The average molecular weight is 631 g/mol. The van der Waals surface area contributed by atoms with Crippen LogP contribution in [0.25, 0.3) is 10.2 Å². The number of hydrogen-bond donors (Lipinski definition) is 0. The van der Waals surface area contributed by atoms with Crippen LogP contribution in [0.4, 0.5) is 5.13 Å². The fourth-order valence-corrected chi connectivity index (χ4v) is 8.46. The first-order valence-corrected chi connectivity index (χ1v) is 16.2. The maximum Gasteiger partial charge on any atom is 0.338 e. The van der Waals surface area contributed by atoms with Crippen molar-refractivity contribution in [3.05, 3.63) is 58.0 Å². The summed E-state index contributed by atoms with van der Waals surface area (Å²) in [5, 5.41) is 5.83. The third-order valence-electron chi connectivity index (χ3n) is 9.08. The fourth-order valence-electron chi connectivity index (χ4n) is 6.70. The molecule has 3 unspecified atom stereocenters. The summed E-state index contributed by atoms with van der Waals surface area (Å²) in [6.45, 7) is 2.37. The molecule has 0 bridgehead atoms. The van der Waals surface area contributed by atoms with Crippen molar-refractivity contribution < 1.29 is 23.5 Å². The number of ether oxygens (including phenoxy) is 3. The highest BCUT2D eigenvalue weighted by Gasteiger charge is 2.41. The van der Waals surface area contributed by atoms with E-state index in [0.29, 0.717) is 40.7 Å². The Bertz CT molecular complexity index is 1560. The highest BCUT2D eigenvalue weighted by Crippen LogP contribution is 2.47. The van der Waals surface area contributed by atoms with Gasteiger partial charge in [-0.2, -0.15) is 0 Å². The molecule has 3 aliphatic carbocycles. The molecule has 2 aromatic heterocycles. The van der Waals surface area contributed by atoms with Crippen LogP contribution in [0.2, 0.25) is 0 Å². The van der Waals surface area contributed by atoms with Crippen LogP contribution in [0.5, 0.6) is 5.75 Å². The first-order valence-electron chi connectivity index (χ1n) is 14.5. The van der Waals surface area contributed by atoms with E-state index in [-0.39, 0.29) is 23.4 Å². The Kier molecular flexibility index (Phi) is 7.71. The predicted octanol–water partition coefficient (Wildman–Crippen LogP) is 7.16. The lowest BCUT2D eigenvalue weighted by atomic mass is 9.80. The van der Waals surface area contributed by atoms with E-state index in [9.17, 15) is 4.79 Å². The quantitative estimate of drug-likeness (QED) is 0.192. The minimum Gasteiger partial charge on any atom is -0.494 e. The summed E-state index contributed by atoms with van der Waals surface area (Å²) in [5.41, 5.74) is 3.08. The minimum atomic E-state index is -0.386. The normalized spacial score (nSPS) is 27.3. The SMILES string of the molecule is COC(=O)c1cc(OC)c2nc(N3CC4CC[C@@H](OCc5c(C6C(Cl)=CC=CC6Cl)noc5C5CC5)C[C@@H]4C3)sc2c1. The van der Waals surface area contributed by atoms with Crippen molar-refractivity contribution in [2.24, 2.45) is 11.8 Å². The molecule has 3 fully saturated rings. The number of halogens is 2. The van der Waals surface area contributed by atoms with Gasteiger partial charge < -0.3 is 23.6 Å². The number of methoxy groups -OCH3 is 2. The van der Waals surface area contributed by atoms with Crippen molar-refractivity contribution >= 4 is 55.9 Å². The number of alkyl halides is 1. The van der Waals surface area contributed by atoms with Gasteiger partial charge in [-0.3, -0.25) is 0 Å². The first kappa shape index (κ1) is 28.2. The van der Waals surface area contributed by atoms with Gasteiger partial charge in [-0.05, 0) is 62.1 Å². The zero-order valence-electron chi connectivity index (χ0n) is 23.6. The Morgan fingerprint density at radius 1 is 1.17 bits per heavy atom. The molecule has 42 heavy (non-hydrogen) atoms. The molecule has 7 rings (SSSR count). The molecule has 5 atom stereocenters. The molecule has 1 saturated heterocycles. The molecule has 8 nitrogen and oxygen atoms in total. The second-order valence-electron chi connectivity index (χ2n) is 11.7. The van der Waals surface area contributed by atoms with Gasteiger partial charge >= 0.3 is 5.97 Å². The maximum atomic E-state index is 12.2. The monoisotopic (exact) mass is 629 g/mol. The Balaban J connectivity index is 1.04. The van der Waals surface area contributed by atoms with Crippen molar-refractivity contribution in [2.45, 2.75) is 62.0 Å². The van der Waals surface area contributed by atoms with E-state index in [1.54, 1.807) is 24.5 Å². The second kappa shape index (κ2) is 11.5. The van der Waals surface area contributed by atoms with Gasteiger partial charge in [0.15, 0.2) is 5.13 Å². The van der Waals surface area contributed by atoms with Crippen molar-refractivity contribution in [1.29, 1.82) is 0 Å². The van der Waals surface area contributed by atoms with Crippen LogP contribution in [0.1, 0.15) is 71.3 Å². The zero-order chi connectivity index (χ0) is 29.0. The van der Waals surface area contributed by atoms with Crippen molar-refractivity contribution in [1.82, 2.24) is 10.1 Å². The van der Waals surface area contributed by atoms with Crippen LogP contribution in [0.3, 0.4) is 0 Å². The lowest BCUT2D eigenvalue weighted by Gasteiger charge is -2.31. The second-order valence-corrected chi connectivity index (χ2v) is 13.7. The Morgan fingerprint density at radius 3 is 2.76 bits per heavy atom. The minimum absolute atomic E-state index is 0.170. The Morgan fingerprint density at radius 2 is 2.00 bits per heavy atom. The fraction of sp³-hybridized carbons (Fsp3) is 0.516. The summed E-state index contributed by atoms with van der Waals surface area (Å²) < 4.78 is 23.9. The van der Waals surface area contributed by atoms with E-state index in [1.165, 1.54) is 7.11 Å². The van der Waals surface area contributed by atoms with Crippen LogP contribution in [-0.2, 0) is 16.1 Å². The van der Waals surface area contributed by atoms with E-state index in [0.717, 1.165) is 77.6 Å². The highest BCUT2D eigenvalue weighted by atomic mass is 35.5. The number of nitrogens with zero attached hydrogens (tertiary/aromatic N) is 3. The predicted molar refractivity (Wildman–Crippen MR) is 163 cm³/mol. The standard InChI is InChI=1S/C31H33Cl2N3O5S/c1-38-24-11-18(30(37)39-2)12-25-28(24)34-31(42-25)36-13-17-8-9-20(10-19(17)14-36)40-15-21-27(35-41-29(21)16-6-7-16)26-22(32)4-3-5-23(26)33/h3-5,11-12,16-17,19-20,22,26H,6-10,13-15H2,1-2H3/t17?,19-,20-,22?,26?/m1/s1. The summed E-state index contributed by atoms with van der Waals surface area (Å²) >= 11 is 14.9. The molecule has 4 aliphatic rings. The van der Waals surface area contributed by atoms with Crippen LogP contribution in [-0.4, -0.2) is 54.9 Å². The summed E-state index contributed by atoms with van der Waals surface area (Å²) in [5.74, 6) is 2.47. The zero-order valence-corrected chi connectivity index (χ0v) is 25.9. The van der Waals surface area contributed by atoms with E-state index in [1.807, 2.05) is 24.3 Å². The third-order valence-corrected chi connectivity index (χ3v) is 10.9. The number of allylic oxidation sites excluding steroid dienone is 4. The number of carbonyl (C=O) groups excluding carboxylic acids is 1. The topological polar surface area (TPSA) is 86.9 Å². The number of carbonyl (C=O) groups is 1. The number of fused-ring (bicyclic) bond motifs is 2. The molecular weight excluding hydrogens is 597 g/mol. The molecule has 0 radical (unpaired) electrons. The number of anilines is 1. The van der Waals surface area contributed by atoms with Crippen molar-refractivity contribution in [3.8, 4) is 5.75 Å². The van der Waals surface area contributed by atoms with Gasteiger partial charge in [0.2, 0.25) is 0 Å². The van der Waals surface area contributed by atoms with Gasteiger partial charge in [0.25, 0.3) is 0 Å². The number of hydrogen-bond acceptors (Lipinski definition) is 9. The van der Waals surface area contributed by atoms with Gasteiger partial charge in [-0.25, -0.2) is 9.78 Å². The smallest absolute Gasteiger partial charge is 0.338 e. The maximum absolute atomic E-state index is 12.2.